The lowest BCUT2D eigenvalue weighted by Crippen LogP contribution is -2.44. The molecule has 1 aromatic heterocycles. The van der Waals surface area contributed by atoms with Gasteiger partial charge in [-0.1, -0.05) is 12.1 Å². The van der Waals surface area contributed by atoms with Crippen LogP contribution in [0.2, 0.25) is 0 Å². The smallest absolute Gasteiger partial charge is 0.310 e. The second-order valence-corrected chi connectivity index (χ2v) is 8.28. The number of piperidine rings is 1. The number of nitrogens with zero attached hydrogens (tertiary/aromatic N) is 3. The summed E-state index contributed by atoms with van der Waals surface area (Å²) in [5.74, 6) is -0.677. The van der Waals surface area contributed by atoms with Gasteiger partial charge in [-0.2, -0.15) is 0 Å². The minimum atomic E-state index is -3.43. The molecule has 1 saturated heterocycles. The van der Waals surface area contributed by atoms with E-state index in [4.69, 9.17) is 4.74 Å². The molecule has 7 nitrogen and oxygen atoms in total. The molecule has 1 aliphatic rings. The molecule has 136 valence electrons. The Balaban J connectivity index is 1.66. The maximum absolute atomic E-state index is 12.7. The van der Waals surface area contributed by atoms with Gasteiger partial charge in [0, 0.05) is 19.6 Å². The van der Waals surface area contributed by atoms with Crippen LogP contribution in [0.1, 0.15) is 19.8 Å². The number of rotatable bonds is 6. The lowest BCUT2D eigenvalue weighted by atomic mass is 10.0. The molecule has 0 N–H and O–H groups in total. The van der Waals surface area contributed by atoms with Crippen LogP contribution in [0.3, 0.4) is 0 Å². The van der Waals surface area contributed by atoms with Gasteiger partial charge in [0.05, 0.1) is 35.6 Å². The fourth-order valence-corrected chi connectivity index (χ4v) is 4.68. The van der Waals surface area contributed by atoms with Crippen LogP contribution in [0.25, 0.3) is 11.0 Å². The monoisotopic (exact) mass is 365 g/mol. The Morgan fingerprint density at radius 2 is 2.16 bits per heavy atom. The zero-order chi connectivity index (χ0) is 17.9. The molecular formula is C17H23N3O4S. The van der Waals surface area contributed by atoms with E-state index < -0.39 is 10.0 Å². The maximum atomic E-state index is 12.7. The number of aromatic nitrogens is 2. The highest BCUT2D eigenvalue weighted by atomic mass is 32.2. The summed E-state index contributed by atoms with van der Waals surface area (Å²) < 4.78 is 33.7. The summed E-state index contributed by atoms with van der Waals surface area (Å²) in [4.78, 5) is 16.2. The van der Waals surface area contributed by atoms with Crippen LogP contribution >= 0.6 is 0 Å². The lowest BCUT2D eigenvalue weighted by Gasteiger charge is -2.30. The minimum absolute atomic E-state index is 0.0110. The number of hydrogen-bond acceptors (Lipinski definition) is 5. The van der Waals surface area contributed by atoms with E-state index in [0.29, 0.717) is 32.5 Å². The number of imidazole rings is 1. The van der Waals surface area contributed by atoms with Crippen LogP contribution in [0, 0.1) is 5.92 Å². The number of sulfonamides is 1. The predicted molar refractivity (Wildman–Crippen MR) is 94.4 cm³/mol. The van der Waals surface area contributed by atoms with Crippen molar-refractivity contribution in [2.75, 3.05) is 25.4 Å². The summed E-state index contributed by atoms with van der Waals surface area (Å²) >= 11 is 0. The number of benzene rings is 1. The summed E-state index contributed by atoms with van der Waals surface area (Å²) in [6.07, 6.45) is 3.02. The van der Waals surface area contributed by atoms with E-state index in [1.165, 1.54) is 4.31 Å². The molecule has 0 bridgehead atoms. The first-order chi connectivity index (χ1) is 12.0. The molecule has 25 heavy (non-hydrogen) atoms. The normalized spacial score (nSPS) is 19.2. The Hall–Kier alpha value is -1.93. The van der Waals surface area contributed by atoms with Crippen molar-refractivity contribution in [1.82, 2.24) is 13.9 Å². The highest BCUT2D eigenvalue weighted by Crippen LogP contribution is 2.21. The SMILES string of the molecule is CCOC(=O)[C@H]1CCCN(S(=O)(=O)CCn2cnc3ccccc32)C1. The van der Waals surface area contributed by atoms with Gasteiger partial charge in [-0.05, 0) is 31.9 Å². The van der Waals surface area contributed by atoms with Crippen molar-refractivity contribution >= 4 is 27.0 Å². The van der Waals surface area contributed by atoms with Crippen LogP contribution < -0.4 is 0 Å². The molecule has 0 unspecified atom stereocenters. The number of fused-ring (bicyclic) bond motifs is 1. The quantitative estimate of drug-likeness (QED) is 0.727. The topological polar surface area (TPSA) is 81.5 Å². The first-order valence-electron chi connectivity index (χ1n) is 8.55. The number of para-hydroxylation sites is 2. The van der Waals surface area contributed by atoms with E-state index in [0.717, 1.165) is 11.0 Å². The first-order valence-corrected chi connectivity index (χ1v) is 10.2. The van der Waals surface area contributed by atoms with Gasteiger partial charge in [0.1, 0.15) is 0 Å². The average molecular weight is 365 g/mol. The van der Waals surface area contributed by atoms with Crippen LogP contribution in [-0.2, 0) is 26.1 Å². The number of carbonyl (C=O) groups is 1. The number of aryl methyl sites for hydroxylation is 1. The first kappa shape index (κ1) is 17.9. The van der Waals surface area contributed by atoms with Gasteiger partial charge in [0.25, 0.3) is 0 Å². The number of hydrogen-bond donors (Lipinski definition) is 0. The summed E-state index contributed by atoms with van der Waals surface area (Å²) in [6.45, 7) is 3.08. The van der Waals surface area contributed by atoms with E-state index in [1.807, 2.05) is 28.8 Å². The third-order valence-electron chi connectivity index (χ3n) is 4.51. The molecular weight excluding hydrogens is 342 g/mol. The Morgan fingerprint density at radius 1 is 1.36 bits per heavy atom. The molecule has 1 aliphatic heterocycles. The molecule has 0 radical (unpaired) electrons. The number of ether oxygens (including phenoxy) is 1. The van der Waals surface area contributed by atoms with Crippen molar-refractivity contribution in [3.05, 3.63) is 30.6 Å². The van der Waals surface area contributed by atoms with Crippen LogP contribution in [-0.4, -0.2) is 53.7 Å². The highest BCUT2D eigenvalue weighted by Gasteiger charge is 2.32. The fraction of sp³-hybridized carbons (Fsp3) is 0.529. The Kier molecular flexibility index (Phi) is 5.39. The van der Waals surface area contributed by atoms with Gasteiger partial charge in [0.15, 0.2) is 0 Å². The van der Waals surface area contributed by atoms with E-state index in [2.05, 4.69) is 4.98 Å². The van der Waals surface area contributed by atoms with E-state index >= 15 is 0 Å². The van der Waals surface area contributed by atoms with Gasteiger partial charge in [0.2, 0.25) is 10.0 Å². The summed E-state index contributed by atoms with van der Waals surface area (Å²) in [6, 6.07) is 7.63. The minimum Gasteiger partial charge on any atom is -0.466 e. The van der Waals surface area contributed by atoms with Crippen molar-refractivity contribution < 1.29 is 17.9 Å². The molecule has 1 atom stereocenters. The summed E-state index contributed by atoms with van der Waals surface area (Å²) in [7, 11) is -3.43. The number of carbonyl (C=O) groups excluding carboxylic acids is 1. The van der Waals surface area contributed by atoms with E-state index in [1.54, 1.807) is 13.3 Å². The molecule has 0 spiro atoms. The summed E-state index contributed by atoms with van der Waals surface area (Å²) in [5, 5.41) is 0. The third kappa shape index (κ3) is 4.01. The second kappa shape index (κ2) is 7.53. The van der Waals surface area contributed by atoms with Crippen LogP contribution in [0.5, 0.6) is 0 Å². The molecule has 8 heteroatoms. The van der Waals surface area contributed by atoms with Crippen molar-refractivity contribution in [2.45, 2.75) is 26.3 Å². The van der Waals surface area contributed by atoms with Crippen molar-refractivity contribution in [2.24, 2.45) is 5.92 Å². The van der Waals surface area contributed by atoms with Crippen LogP contribution in [0.4, 0.5) is 0 Å². The van der Waals surface area contributed by atoms with Gasteiger partial charge < -0.3 is 9.30 Å². The van der Waals surface area contributed by atoms with Gasteiger partial charge in [-0.3, -0.25) is 4.79 Å². The van der Waals surface area contributed by atoms with Crippen molar-refractivity contribution in [1.29, 1.82) is 0 Å². The third-order valence-corrected chi connectivity index (χ3v) is 6.33. The van der Waals surface area contributed by atoms with E-state index in [-0.39, 0.29) is 24.2 Å². The van der Waals surface area contributed by atoms with E-state index in [9.17, 15) is 13.2 Å². The Bertz CT molecular complexity index is 846. The molecule has 0 amide bonds. The number of esters is 1. The average Bonchev–Trinajstić information content (AvgIpc) is 3.04. The lowest BCUT2D eigenvalue weighted by molar-refractivity contribution is -0.149. The van der Waals surface area contributed by atoms with Crippen molar-refractivity contribution in [3.8, 4) is 0 Å². The Morgan fingerprint density at radius 3 is 2.96 bits per heavy atom. The molecule has 1 fully saturated rings. The van der Waals surface area contributed by atoms with Crippen molar-refractivity contribution in [3.63, 3.8) is 0 Å². The molecule has 3 rings (SSSR count). The zero-order valence-corrected chi connectivity index (χ0v) is 15.1. The van der Waals surface area contributed by atoms with Gasteiger partial charge >= 0.3 is 5.97 Å². The highest BCUT2D eigenvalue weighted by molar-refractivity contribution is 7.89. The van der Waals surface area contributed by atoms with Gasteiger partial charge in [-0.15, -0.1) is 0 Å². The molecule has 1 aromatic carbocycles. The standard InChI is InChI=1S/C17H23N3O4S/c1-2-24-17(21)14-6-5-9-20(12-14)25(22,23)11-10-19-13-18-15-7-3-4-8-16(15)19/h3-4,7-8,13-14H,2,5-6,9-12H2,1H3/t14-/m0/s1. The summed E-state index contributed by atoms with van der Waals surface area (Å²) in [5.41, 5.74) is 1.76. The Labute approximate surface area is 147 Å². The van der Waals surface area contributed by atoms with Crippen LogP contribution in [0.15, 0.2) is 30.6 Å². The molecule has 0 saturated carbocycles. The van der Waals surface area contributed by atoms with Gasteiger partial charge in [-0.25, -0.2) is 17.7 Å². The molecule has 0 aliphatic carbocycles. The molecule has 2 aromatic rings. The predicted octanol–water partition coefficient (Wildman–Crippen LogP) is 1.64. The molecule has 2 heterocycles. The largest absolute Gasteiger partial charge is 0.466 e. The zero-order valence-electron chi connectivity index (χ0n) is 14.3. The fourth-order valence-electron chi connectivity index (χ4n) is 3.18. The maximum Gasteiger partial charge on any atom is 0.310 e. The second-order valence-electron chi connectivity index (χ2n) is 6.19.